The quantitative estimate of drug-likeness (QED) is 0.236. The van der Waals surface area contributed by atoms with Gasteiger partial charge in [0.1, 0.15) is 11.6 Å². The van der Waals surface area contributed by atoms with Crippen LogP contribution in [0.25, 0.3) is 0 Å². The second-order valence-corrected chi connectivity index (χ2v) is 7.82. The number of hydrogen-bond acceptors (Lipinski definition) is 6. The highest BCUT2D eigenvalue weighted by atomic mass is 35.5. The summed E-state index contributed by atoms with van der Waals surface area (Å²) in [5.41, 5.74) is 7.18. The SMILES string of the molecule is CCOC(=O)COc1cc(C(=N)N)ccc1CNC(=O)c1cc(Cl)cc(NC(=O)C(C)C)c1. The van der Waals surface area contributed by atoms with Crippen molar-refractivity contribution in [2.45, 2.75) is 27.3 Å². The number of nitrogens with one attached hydrogen (secondary N) is 3. The number of halogens is 1. The highest BCUT2D eigenvalue weighted by Gasteiger charge is 2.14. The number of amidine groups is 1. The molecule has 0 atom stereocenters. The second kappa shape index (κ2) is 11.9. The molecule has 0 unspecified atom stereocenters. The number of anilines is 1. The Morgan fingerprint density at radius 3 is 2.48 bits per heavy atom. The van der Waals surface area contributed by atoms with Gasteiger partial charge in [-0.3, -0.25) is 15.0 Å². The topological polar surface area (TPSA) is 144 Å². The lowest BCUT2D eigenvalue weighted by atomic mass is 10.1. The Bertz CT molecular complexity index is 1060. The van der Waals surface area contributed by atoms with Gasteiger partial charge in [-0.2, -0.15) is 0 Å². The van der Waals surface area contributed by atoms with E-state index in [-0.39, 0.29) is 48.7 Å². The van der Waals surface area contributed by atoms with Crippen LogP contribution in [0.5, 0.6) is 5.75 Å². The summed E-state index contributed by atoms with van der Waals surface area (Å²) in [6.45, 7) is 5.15. The first-order chi connectivity index (χ1) is 15.6. The molecule has 0 aromatic heterocycles. The van der Waals surface area contributed by atoms with Gasteiger partial charge in [0.2, 0.25) is 5.91 Å². The average Bonchev–Trinajstić information content (AvgIpc) is 2.75. The molecular formula is C23H27ClN4O5. The molecule has 0 saturated carbocycles. The standard InChI is InChI=1S/C23H27ClN4O5/c1-4-32-20(29)12-33-19-9-14(21(25)26)5-6-15(19)11-27-23(31)16-7-17(24)10-18(8-16)28-22(30)13(2)3/h5-10,13H,4,11-12H2,1-3H3,(H3,25,26)(H,27,31)(H,28,30). The van der Waals surface area contributed by atoms with E-state index in [1.807, 2.05) is 0 Å². The summed E-state index contributed by atoms with van der Waals surface area (Å²) < 4.78 is 10.4. The Morgan fingerprint density at radius 2 is 1.85 bits per heavy atom. The van der Waals surface area contributed by atoms with Crippen LogP contribution >= 0.6 is 11.6 Å². The third kappa shape index (κ3) is 7.80. The third-order valence-corrected chi connectivity index (χ3v) is 4.64. The molecule has 0 saturated heterocycles. The number of carbonyl (C=O) groups excluding carboxylic acids is 3. The first kappa shape index (κ1) is 25.7. The van der Waals surface area contributed by atoms with Crippen LogP contribution in [-0.2, 0) is 20.9 Å². The van der Waals surface area contributed by atoms with Crippen molar-refractivity contribution in [1.29, 1.82) is 5.41 Å². The first-order valence-corrected chi connectivity index (χ1v) is 10.6. The zero-order chi connectivity index (χ0) is 24.5. The van der Waals surface area contributed by atoms with E-state index >= 15 is 0 Å². The van der Waals surface area contributed by atoms with Crippen LogP contribution < -0.4 is 21.1 Å². The minimum Gasteiger partial charge on any atom is -0.482 e. The van der Waals surface area contributed by atoms with Crippen LogP contribution in [0.4, 0.5) is 5.69 Å². The van der Waals surface area contributed by atoms with Gasteiger partial charge in [-0.15, -0.1) is 0 Å². The molecule has 0 heterocycles. The highest BCUT2D eigenvalue weighted by Crippen LogP contribution is 2.22. The summed E-state index contributed by atoms with van der Waals surface area (Å²) in [6.07, 6.45) is 0. The van der Waals surface area contributed by atoms with Crippen LogP contribution in [0, 0.1) is 11.3 Å². The van der Waals surface area contributed by atoms with Crippen LogP contribution in [0.3, 0.4) is 0 Å². The van der Waals surface area contributed by atoms with Crippen molar-refractivity contribution in [3.8, 4) is 5.75 Å². The first-order valence-electron chi connectivity index (χ1n) is 10.3. The monoisotopic (exact) mass is 474 g/mol. The normalized spacial score (nSPS) is 10.5. The molecule has 0 spiro atoms. The molecule has 0 radical (unpaired) electrons. The van der Waals surface area contributed by atoms with Crippen LogP contribution in [0.15, 0.2) is 36.4 Å². The van der Waals surface area contributed by atoms with Gasteiger partial charge in [-0.1, -0.05) is 37.6 Å². The number of nitrogen functional groups attached to an aromatic ring is 1. The molecular weight excluding hydrogens is 448 g/mol. The number of amides is 2. The number of ether oxygens (including phenoxy) is 2. The van der Waals surface area contributed by atoms with Crippen molar-refractivity contribution >= 4 is 40.9 Å². The maximum Gasteiger partial charge on any atom is 0.344 e. The van der Waals surface area contributed by atoms with Gasteiger partial charge >= 0.3 is 5.97 Å². The van der Waals surface area contributed by atoms with Crippen molar-refractivity contribution < 1.29 is 23.9 Å². The maximum atomic E-state index is 12.7. The van der Waals surface area contributed by atoms with Crippen molar-refractivity contribution in [2.24, 2.45) is 11.7 Å². The largest absolute Gasteiger partial charge is 0.482 e. The van der Waals surface area contributed by atoms with E-state index in [1.165, 1.54) is 18.2 Å². The van der Waals surface area contributed by atoms with E-state index in [0.717, 1.165) is 0 Å². The summed E-state index contributed by atoms with van der Waals surface area (Å²) >= 11 is 6.12. The number of rotatable bonds is 10. The van der Waals surface area contributed by atoms with Crippen LogP contribution in [0.2, 0.25) is 5.02 Å². The molecule has 33 heavy (non-hydrogen) atoms. The van der Waals surface area contributed by atoms with E-state index in [2.05, 4.69) is 10.6 Å². The molecule has 5 N–H and O–H groups in total. The predicted molar refractivity (Wildman–Crippen MR) is 126 cm³/mol. The van der Waals surface area contributed by atoms with Gasteiger partial charge in [0.15, 0.2) is 6.61 Å². The molecule has 9 nitrogen and oxygen atoms in total. The van der Waals surface area contributed by atoms with Crippen molar-refractivity contribution in [3.63, 3.8) is 0 Å². The molecule has 2 aromatic carbocycles. The molecule has 0 aliphatic carbocycles. The fraction of sp³-hybridized carbons (Fsp3) is 0.304. The zero-order valence-electron chi connectivity index (χ0n) is 18.7. The third-order valence-electron chi connectivity index (χ3n) is 4.42. The van der Waals surface area contributed by atoms with Gasteiger partial charge in [-0.05, 0) is 31.2 Å². The van der Waals surface area contributed by atoms with E-state index in [0.29, 0.717) is 21.8 Å². The maximum absolute atomic E-state index is 12.7. The zero-order valence-corrected chi connectivity index (χ0v) is 19.4. The smallest absolute Gasteiger partial charge is 0.344 e. The minimum atomic E-state index is -0.546. The fourth-order valence-electron chi connectivity index (χ4n) is 2.70. The summed E-state index contributed by atoms with van der Waals surface area (Å²) in [7, 11) is 0. The summed E-state index contributed by atoms with van der Waals surface area (Å²) in [5.74, 6) is -1.28. The molecule has 10 heteroatoms. The van der Waals surface area contributed by atoms with Gasteiger partial charge < -0.3 is 25.8 Å². The Morgan fingerprint density at radius 1 is 1.12 bits per heavy atom. The number of carbonyl (C=O) groups is 3. The van der Waals surface area contributed by atoms with Gasteiger partial charge in [0.05, 0.1) is 6.61 Å². The summed E-state index contributed by atoms with van der Waals surface area (Å²) in [6, 6.07) is 9.34. The molecule has 2 rings (SSSR count). The summed E-state index contributed by atoms with van der Waals surface area (Å²) in [5, 5.41) is 13.4. The molecule has 0 bridgehead atoms. The Labute approximate surface area is 197 Å². The number of nitrogens with two attached hydrogens (primary N) is 1. The molecule has 0 aliphatic rings. The molecule has 0 fully saturated rings. The van der Waals surface area contributed by atoms with Crippen molar-refractivity contribution in [1.82, 2.24) is 5.32 Å². The predicted octanol–water partition coefficient (Wildman–Crippen LogP) is 3.09. The lowest BCUT2D eigenvalue weighted by molar-refractivity contribution is -0.145. The molecule has 0 aliphatic heterocycles. The van der Waals surface area contributed by atoms with Crippen LogP contribution in [0.1, 0.15) is 42.3 Å². The van der Waals surface area contributed by atoms with E-state index in [1.54, 1.807) is 39.0 Å². The molecule has 2 amide bonds. The van der Waals surface area contributed by atoms with E-state index in [4.69, 9.17) is 32.2 Å². The van der Waals surface area contributed by atoms with Gasteiger partial charge in [0.25, 0.3) is 5.91 Å². The lowest BCUT2D eigenvalue weighted by Gasteiger charge is -2.14. The Balaban J connectivity index is 2.16. The second-order valence-electron chi connectivity index (χ2n) is 7.39. The van der Waals surface area contributed by atoms with Crippen molar-refractivity contribution in [3.05, 3.63) is 58.1 Å². The molecule has 2 aromatic rings. The highest BCUT2D eigenvalue weighted by molar-refractivity contribution is 6.31. The Hall–Kier alpha value is -3.59. The van der Waals surface area contributed by atoms with Crippen molar-refractivity contribution in [2.75, 3.05) is 18.5 Å². The number of esters is 1. The van der Waals surface area contributed by atoms with E-state index < -0.39 is 11.9 Å². The van der Waals surface area contributed by atoms with Crippen LogP contribution in [-0.4, -0.2) is 36.8 Å². The van der Waals surface area contributed by atoms with E-state index in [9.17, 15) is 14.4 Å². The lowest BCUT2D eigenvalue weighted by Crippen LogP contribution is -2.24. The number of benzene rings is 2. The Kier molecular flexibility index (Phi) is 9.23. The number of hydrogen-bond donors (Lipinski definition) is 4. The minimum absolute atomic E-state index is 0.0649. The van der Waals surface area contributed by atoms with Gasteiger partial charge in [0, 0.05) is 39.9 Å². The van der Waals surface area contributed by atoms with Gasteiger partial charge in [-0.25, -0.2) is 4.79 Å². The fourth-order valence-corrected chi connectivity index (χ4v) is 2.93. The molecule has 176 valence electrons. The summed E-state index contributed by atoms with van der Waals surface area (Å²) in [4.78, 5) is 36.3. The average molecular weight is 475 g/mol.